The molecule has 0 atom stereocenters. The van der Waals surface area contributed by atoms with Crippen molar-refractivity contribution < 1.29 is 4.74 Å². The topological polar surface area (TPSA) is 9.23 Å². The summed E-state index contributed by atoms with van der Waals surface area (Å²) in [6.45, 7) is 2.10. The third kappa shape index (κ3) is 4.14. The van der Waals surface area contributed by atoms with E-state index in [0.717, 1.165) is 5.75 Å². The fraction of sp³-hybridized carbons (Fsp3) is 0.111. The summed E-state index contributed by atoms with van der Waals surface area (Å²) in [6.07, 6.45) is 6.39. The van der Waals surface area contributed by atoms with Gasteiger partial charge >= 0.3 is 0 Å². The van der Waals surface area contributed by atoms with Gasteiger partial charge in [0.1, 0.15) is 5.75 Å². The Hall–Kier alpha value is -2.28. The van der Waals surface area contributed by atoms with Crippen molar-refractivity contribution in [1.29, 1.82) is 0 Å². The van der Waals surface area contributed by atoms with Crippen molar-refractivity contribution in [3.8, 4) is 5.75 Å². The van der Waals surface area contributed by atoms with Crippen molar-refractivity contribution in [2.75, 3.05) is 7.11 Å². The molecule has 1 nitrogen and oxygen atoms in total. The highest BCUT2D eigenvalue weighted by atomic mass is 16.5. The number of hydrogen-bond acceptors (Lipinski definition) is 1. The van der Waals surface area contributed by atoms with Gasteiger partial charge in [0.25, 0.3) is 0 Å². The molecule has 2 aromatic rings. The number of ether oxygens (including phenoxy) is 1. The molecule has 0 aliphatic carbocycles. The lowest BCUT2D eigenvalue weighted by Gasteiger charge is -1.99. The van der Waals surface area contributed by atoms with E-state index in [9.17, 15) is 0 Å². The van der Waals surface area contributed by atoms with Crippen LogP contribution in [0.15, 0.2) is 66.2 Å². The van der Waals surface area contributed by atoms with Crippen molar-refractivity contribution >= 4 is 12.2 Å². The molecule has 0 unspecified atom stereocenters. The maximum atomic E-state index is 5.14. The molecular formula is C18H18O. The lowest BCUT2D eigenvalue weighted by molar-refractivity contribution is 0.415. The van der Waals surface area contributed by atoms with Crippen LogP contribution in [0.1, 0.15) is 18.1 Å². The number of hydrogen-bond donors (Lipinski definition) is 0. The minimum Gasteiger partial charge on any atom is -0.497 e. The molecule has 0 radical (unpaired) electrons. The summed E-state index contributed by atoms with van der Waals surface area (Å²) < 4.78 is 5.14. The first-order valence-corrected chi connectivity index (χ1v) is 6.33. The molecule has 0 N–H and O–H groups in total. The summed E-state index contributed by atoms with van der Waals surface area (Å²) in [5.74, 6) is 0.883. The Morgan fingerprint density at radius 2 is 1.58 bits per heavy atom. The van der Waals surface area contributed by atoms with E-state index in [0.29, 0.717) is 0 Å². The van der Waals surface area contributed by atoms with Crippen molar-refractivity contribution in [2.24, 2.45) is 0 Å². The van der Waals surface area contributed by atoms with E-state index in [4.69, 9.17) is 4.74 Å². The Morgan fingerprint density at radius 3 is 2.21 bits per heavy atom. The number of allylic oxidation sites excluding steroid dienone is 2. The fourth-order valence-electron chi connectivity index (χ4n) is 1.80. The second-order valence-electron chi connectivity index (χ2n) is 4.41. The van der Waals surface area contributed by atoms with Crippen LogP contribution in [-0.2, 0) is 0 Å². The van der Waals surface area contributed by atoms with Crippen LogP contribution in [0.3, 0.4) is 0 Å². The monoisotopic (exact) mass is 250 g/mol. The molecule has 19 heavy (non-hydrogen) atoms. The summed E-state index contributed by atoms with van der Waals surface area (Å²) in [7, 11) is 1.68. The SMILES string of the molecule is COc1ccc(C=CC(C)=Cc2ccccc2)cc1. The summed E-state index contributed by atoms with van der Waals surface area (Å²) in [5.41, 5.74) is 3.61. The zero-order valence-corrected chi connectivity index (χ0v) is 11.3. The average Bonchev–Trinajstić information content (AvgIpc) is 2.47. The van der Waals surface area contributed by atoms with Crippen molar-refractivity contribution in [1.82, 2.24) is 0 Å². The van der Waals surface area contributed by atoms with Gasteiger partial charge in [-0.15, -0.1) is 0 Å². The molecule has 0 saturated carbocycles. The van der Waals surface area contributed by atoms with Gasteiger partial charge in [-0.25, -0.2) is 0 Å². The van der Waals surface area contributed by atoms with Gasteiger partial charge in [0.05, 0.1) is 7.11 Å². The van der Waals surface area contributed by atoms with E-state index in [1.807, 2.05) is 42.5 Å². The molecule has 0 aromatic heterocycles. The predicted molar refractivity (Wildman–Crippen MR) is 82.1 cm³/mol. The smallest absolute Gasteiger partial charge is 0.118 e. The lowest BCUT2D eigenvalue weighted by Crippen LogP contribution is -1.81. The minimum absolute atomic E-state index is 0.883. The summed E-state index contributed by atoms with van der Waals surface area (Å²) in [4.78, 5) is 0. The van der Waals surface area contributed by atoms with Crippen molar-refractivity contribution in [3.63, 3.8) is 0 Å². The highest BCUT2D eigenvalue weighted by molar-refractivity contribution is 5.61. The largest absolute Gasteiger partial charge is 0.497 e. The van der Waals surface area contributed by atoms with Crippen molar-refractivity contribution in [2.45, 2.75) is 6.92 Å². The summed E-state index contributed by atoms with van der Waals surface area (Å²) in [5, 5.41) is 0. The molecule has 1 heteroatoms. The first-order valence-electron chi connectivity index (χ1n) is 6.33. The predicted octanol–water partition coefficient (Wildman–Crippen LogP) is 4.81. The van der Waals surface area contributed by atoms with Crippen LogP contribution in [0, 0.1) is 0 Å². The summed E-state index contributed by atoms with van der Waals surface area (Å²) >= 11 is 0. The molecule has 0 spiro atoms. The van der Waals surface area contributed by atoms with Crippen LogP contribution in [0.25, 0.3) is 12.2 Å². The van der Waals surface area contributed by atoms with E-state index in [2.05, 4.69) is 37.3 Å². The first kappa shape index (κ1) is 13.2. The zero-order chi connectivity index (χ0) is 13.5. The van der Waals surface area contributed by atoms with Gasteiger partial charge in [0.2, 0.25) is 0 Å². The van der Waals surface area contributed by atoms with Gasteiger partial charge < -0.3 is 4.74 Å². The van der Waals surface area contributed by atoms with Gasteiger partial charge in [-0.05, 0) is 30.2 Å². The van der Waals surface area contributed by atoms with Crippen LogP contribution in [0.5, 0.6) is 5.75 Å². The number of rotatable bonds is 4. The Morgan fingerprint density at radius 1 is 0.895 bits per heavy atom. The molecule has 0 fully saturated rings. The maximum absolute atomic E-state index is 5.14. The van der Waals surface area contributed by atoms with Crippen LogP contribution >= 0.6 is 0 Å². The first-order chi connectivity index (χ1) is 9.28. The van der Waals surface area contributed by atoms with Crippen LogP contribution in [-0.4, -0.2) is 7.11 Å². The van der Waals surface area contributed by atoms with E-state index in [1.54, 1.807) is 7.11 Å². The number of methoxy groups -OCH3 is 1. The molecular weight excluding hydrogens is 232 g/mol. The second kappa shape index (κ2) is 6.60. The molecule has 0 aliphatic rings. The Labute approximate surface area is 114 Å². The van der Waals surface area contributed by atoms with Gasteiger partial charge in [-0.2, -0.15) is 0 Å². The molecule has 0 amide bonds. The van der Waals surface area contributed by atoms with E-state index >= 15 is 0 Å². The Balaban J connectivity index is 2.07. The van der Waals surface area contributed by atoms with E-state index < -0.39 is 0 Å². The van der Waals surface area contributed by atoms with E-state index in [-0.39, 0.29) is 0 Å². The second-order valence-corrected chi connectivity index (χ2v) is 4.41. The molecule has 0 heterocycles. The molecule has 0 saturated heterocycles. The van der Waals surface area contributed by atoms with Crippen LogP contribution < -0.4 is 4.74 Å². The molecule has 2 aromatic carbocycles. The Bertz CT molecular complexity index is 562. The van der Waals surface area contributed by atoms with Gasteiger partial charge in [0.15, 0.2) is 0 Å². The maximum Gasteiger partial charge on any atom is 0.118 e. The van der Waals surface area contributed by atoms with Crippen molar-refractivity contribution in [3.05, 3.63) is 77.4 Å². The molecule has 0 aliphatic heterocycles. The van der Waals surface area contributed by atoms with Gasteiger partial charge in [-0.3, -0.25) is 0 Å². The molecule has 2 rings (SSSR count). The lowest BCUT2D eigenvalue weighted by atomic mass is 10.1. The molecule has 0 bridgehead atoms. The fourth-order valence-corrected chi connectivity index (χ4v) is 1.80. The highest BCUT2D eigenvalue weighted by Gasteiger charge is 1.91. The normalized spacial score (nSPS) is 11.8. The van der Waals surface area contributed by atoms with Crippen LogP contribution in [0.4, 0.5) is 0 Å². The van der Waals surface area contributed by atoms with E-state index in [1.165, 1.54) is 16.7 Å². The van der Waals surface area contributed by atoms with Gasteiger partial charge in [-0.1, -0.05) is 66.3 Å². The third-order valence-electron chi connectivity index (χ3n) is 2.85. The molecule has 96 valence electrons. The highest BCUT2D eigenvalue weighted by Crippen LogP contribution is 2.14. The summed E-state index contributed by atoms with van der Waals surface area (Å²) in [6, 6.07) is 18.4. The third-order valence-corrected chi connectivity index (χ3v) is 2.85. The van der Waals surface area contributed by atoms with Crippen LogP contribution in [0.2, 0.25) is 0 Å². The number of benzene rings is 2. The quantitative estimate of drug-likeness (QED) is 0.707. The van der Waals surface area contributed by atoms with Gasteiger partial charge in [0, 0.05) is 0 Å². The zero-order valence-electron chi connectivity index (χ0n) is 11.3. The average molecular weight is 250 g/mol. The minimum atomic E-state index is 0.883. The Kier molecular flexibility index (Phi) is 4.57. The standard InChI is InChI=1S/C18H18O/c1-15(14-17-6-4-3-5-7-17)8-9-16-10-12-18(19-2)13-11-16/h3-14H,1-2H3.